The molecule has 0 N–H and O–H groups in total. The Bertz CT molecular complexity index is 339. The van der Waals surface area contributed by atoms with Crippen LogP contribution in [0.4, 0.5) is 4.79 Å². The van der Waals surface area contributed by atoms with Crippen LogP contribution in [0.25, 0.3) is 0 Å². The number of ether oxygens (including phenoxy) is 2. The molecule has 0 saturated carbocycles. The highest BCUT2D eigenvalue weighted by atomic mass is 16.7. The van der Waals surface area contributed by atoms with Crippen molar-refractivity contribution in [2.75, 3.05) is 13.2 Å². The smallest absolute Gasteiger partial charge is 0.434 e. The largest absolute Gasteiger partial charge is 0.508 e. The van der Waals surface area contributed by atoms with E-state index in [-0.39, 0.29) is 0 Å². The minimum Gasteiger partial charge on any atom is -0.434 e. The highest BCUT2D eigenvalue weighted by Gasteiger charge is 2.03. The molecule has 0 spiro atoms. The second-order valence-corrected chi connectivity index (χ2v) is 7.95. The van der Waals surface area contributed by atoms with Crippen LogP contribution in [0.2, 0.25) is 0 Å². The van der Waals surface area contributed by atoms with Crippen LogP contribution in [0.3, 0.4) is 0 Å². The first-order valence-corrected chi connectivity index (χ1v) is 12.3. The number of carbonyl (C=O) groups excluding carboxylic acids is 1. The molecule has 0 rings (SSSR count). The van der Waals surface area contributed by atoms with Crippen LogP contribution >= 0.6 is 0 Å². The quantitative estimate of drug-likeness (QED) is 0.110. The fourth-order valence-electron chi connectivity index (χ4n) is 3.23. The second kappa shape index (κ2) is 24.0. The van der Waals surface area contributed by atoms with Crippen LogP contribution in [-0.2, 0) is 9.47 Å². The molecule has 0 aliphatic rings. The van der Waals surface area contributed by atoms with Crippen molar-refractivity contribution in [2.24, 2.45) is 0 Å². The monoisotopic (exact) mass is 396 g/mol. The molecular weight excluding hydrogens is 348 g/mol. The van der Waals surface area contributed by atoms with E-state index in [9.17, 15) is 4.79 Å². The molecule has 0 amide bonds. The van der Waals surface area contributed by atoms with Crippen LogP contribution in [0.15, 0.2) is 12.2 Å². The molecule has 0 aliphatic heterocycles. The summed E-state index contributed by atoms with van der Waals surface area (Å²) in [6.45, 7) is 5.47. The van der Waals surface area contributed by atoms with Crippen LogP contribution < -0.4 is 0 Å². The molecule has 0 aromatic carbocycles. The molecule has 0 aliphatic carbocycles. The van der Waals surface area contributed by atoms with Crippen molar-refractivity contribution in [3.63, 3.8) is 0 Å². The van der Waals surface area contributed by atoms with Gasteiger partial charge in [0.05, 0.1) is 13.2 Å². The predicted molar refractivity (Wildman–Crippen MR) is 121 cm³/mol. The summed E-state index contributed by atoms with van der Waals surface area (Å²) in [4.78, 5) is 11.5. The van der Waals surface area contributed by atoms with Gasteiger partial charge in [-0.15, -0.1) is 0 Å². The first kappa shape index (κ1) is 27.0. The van der Waals surface area contributed by atoms with E-state index in [0.717, 1.165) is 25.7 Å². The van der Waals surface area contributed by atoms with Crippen LogP contribution in [0.1, 0.15) is 129 Å². The van der Waals surface area contributed by atoms with Gasteiger partial charge in [-0.05, 0) is 38.5 Å². The Hall–Kier alpha value is -0.990. The van der Waals surface area contributed by atoms with E-state index >= 15 is 0 Å². The number of carbonyl (C=O) groups is 1. The molecule has 0 unspecified atom stereocenters. The van der Waals surface area contributed by atoms with Crippen molar-refractivity contribution in [3.8, 4) is 0 Å². The fourth-order valence-corrected chi connectivity index (χ4v) is 3.23. The van der Waals surface area contributed by atoms with Gasteiger partial charge in [0.1, 0.15) is 0 Å². The lowest BCUT2D eigenvalue weighted by molar-refractivity contribution is 0.0529. The average Bonchev–Trinajstić information content (AvgIpc) is 2.70. The summed E-state index contributed by atoms with van der Waals surface area (Å²) in [6.07, 6.45) is 26.5. The van der Waals surface area contributed by atoms with Crippen molar-refractivity contribution < 1.29 is 14.3 Å². The van der Waals surface area contributed by atoms with Crippen LogP contribution in [0, 0.1) is 0 Å². The van der Waals surface area contributed by atoms with Gasteiger partial charge in [-0.2, -0.15) is 0 Å². The second-order valence-electron chi connectivity index (χ2n) is 7.95. The van der Waals surface area contributed by atoms with Crippen LogP contribution in [-0.4, -0.2) is 19.4 Å². The molecule has 0 heterocycles. The standard InChI is InChI=1S/C25H48O3/c1-3-5-7-9-11-12-13-14-15-16-17-18-20-22-24-28-25(26)27-23-21-19-10-8-6-4-2/h12-13H,3-11,14-24H2,1-2H3/b13-12-. The van der Waals surface area contributed by atoms with E-state index in [1.807, 2.05) is 0 Å². The van der Waals surface area contributed by atoms with E-state index in [4.69, 9.17) is 9.47 Å². The lowest BCUT2D eigenvalue weighted by Crippen LogP contribution is -2.09. The van der Waals surface area contributed by atoms with Crippen molar-refractivity contribution in [2.45, 2.75) is 129 Å². The molecule has 0 aromatic heterocycles. The van der Waals surface area contributed by atoms with Gasteiger partial charge in [0.2, 0.25) is 0 Å². The fraction of sp³-hybridized carbons (Fsp3) is 0.880. The maximum Gasteiger partial charge on any atom is 0.508 e. The van der Waals surface area contributed by atoms with Gasteiger partial charge >= 0.3 is 6.16 Å². The van der Waals surface area contributed by atoms with Crippen molar-refractivity contribution in [1.82, 2.24) is 0 Å². The molecule has 28 heavy (non-hydrogen) atoms. The van der Waals surface area contributed by atoms with E-state index in [0.29, 0.717) is 13.2 Å². The molecule has 0 radical (unpaired) electrons. The molecule has 0 fully saturated rings. The van der Waals surface area contributed by atoms with Crippen LogP contribution in [0.5, 0.6) is 0 Å². The maximum absolute atomic E-state index is 11.5. The zero-order valence-corrected chi connectivity index (χ0v) is 19.0. The van der Waals surface area contributed by atoms with Crippen molar-refractivity contribution in [3.05, 3.63) is 12.2 Å². The number of rotatable bonds is 21. The van der Waals surface area contributed by atoms with Crippen molar-refractivity contribution >= 4 is 6.16 Å². The van der Waals surface area contributed by atoms with Gasteiger partial charge in [0.25, 0.3) is 0 Å². The lowest BCUT2D eigenvalue weighted by atomic mass is 10.1. The summed E-state index contributed by atoms with van der Waals surface area (Å²) < 4.78 is 10.2. The third-order valence-corrected chi connectivity index (χ3v) is 5.09. The van der Waals surface area contributed by atoms with Gasteiger partial charge in [0.15, 0.2) is 0 Å². The SMILES string of the molecule is CCCCCC/C=C\CCCCCCCCOC(=O)OCCCCCCCC. The van der Waals surface area contributed by atoms with Gasteiger partial charge in [-0.3, -0.25) is 0 Å². The highest BCUT2D eigenvalue weighted by Crippen LogP contribution is 2.09. The Morgan fingerprint density at radius 1 is 0.536 bits per heavy atom. The van der Waals surface area contributed by atoms with E-state index in [1.54, 1.807) is 0 Å². The van der Waals surface area contributed by atoms with Gasteiger partial charge in [0, 0.05) is 0 Å². The van der Waals surface area contributed by atoms with E-state index in [2.05, 4.69) is 26.0 Å². The summed E-state index contributed by atoms with van der Waals surface area (Å²) in [5.41, 5.74) is 0. The molecule has 3 heteroatoms. The summed E-state index contributed by atoms with van der Waals surface area (Å²) in [6, 6.07) is 0. The Kier molecular flexibility index (Phi) is 23.2. The van der Waals surface area contributed by atoms with Gasteiger partial charge in [-0.25, -0.2) is 4.79 Å². The van der Waals surface area contributed by atoms with Gasteiger partial charge in [-0.1, -0.05) is 103 Å². The predicted octanol–water partition coefficient (Wildman–Crippen LogP) is 8.76. The van der Waals surface area contributed by atoms with Crippen molar-refractivity contribution in [1.29, 1.82) is 0 Å². The Morgan fingerprint density at radius 2 is 0.893 bits per heavy atom. The third kappa shape index (κ3) is 23.0. The summed E-state index contributed by atoms with van der Waals surface area (Å²) in [7, 11) is 0. The molecule has 166 valence electrons. The first-order chi connectivity index (χ1) is 13.8. The Balaban J connectivity index is 3.18. The van der Waals surface area contributed by atoms with E-state index in [1.165, 1.54) is 89.9 Å². The minimum absolute atomic E-state index is 0.491. The molecule has 0 bridgehead atoms. The molecular formula is C25H48O3. The molecule has 0 saturated heterocycles. The lowest BCUT2D eigenvalue weighted by Gasteiger charge is -2.06. The number of unbranched alkanes of at least 4 members (excludes halogenated alkanes) is 15. The Morgan fingerprint density at radius 3 is 1.36 bits per heavy atom. The summed E-state index contributed by atoms with van der Waals surface area (Å²) in [5, 5.41) is 0. The first-order valence-electron chi connectivity index (χ1n) is 12.3. The Labute approximate surface area is 175 Å². The number of allylic oxidation sites excluding steroid dienone is 2. The zero-order valence-electron chi connectivity index (χ0n) is 19.0. The number of hydrogen-bond acceptors (Lipinski definition) is 3. The maximum atomic E-state index is 11.5. The zero-order chi connectivity index (χ0) is 20.5. The highest BCUT2D eigenvalue weighted by molar-refractivity contribution is 5.59. The molecule has 0 atom stereocenters. The molecule has 3 nitrogen and oxygen atoms in total. The third-order valence-electron chi connectivity index (χ3n) is 5.09. The topological polar surface area (TPSA) is 35.5 Å². The summed E-state index contributed by atoms with van der Waals surface area (Å²) in [5.74, 6) is 0. The molecule has 0 aromatic rings. The summed E-state index contributed by atoms with van der Waals surface area (Å²) >= 11 is 0. The normalized spacial score (nSPS) is 11.2. The van der Waals surface area contributed by atoms with Gasteiger partial charge < -0.3 is 9.47 Å². The van der Waals surface area contributed by atoms with E-state index < -0.39 is 6.16 Å². The average molecular weight is 397 g/mol. The minimum atomic E-state index is -0.491. The number of hydrogen-bond donors (Lipinski definition) is 0.